The highest BCUT2D eigenvalue weighted by atomic mass is 16.2. The Balaban J connectivity index is 1.23. The van der Waals surface area contributed by atoms with Gasteiger partial charge in [0.25, 0.3) is 17.7 Å². The van der Waals surface area contributed by atoms with Crippen LogP contribution in [-0.2, 0) is 17.8 Å². The van der Waals surface area contributed by atoms with Crippen molar-refractivity contribution in [2.24, 2.45) is 0 Å². The van der Waals surface area contributed by atoms with Crippen molar-refractivity contribution in [2.45, 2.75) is 45.3 Å². The first-order valence-corrected chi connectivity index (χ1v) is 12.0. The number of nitrogens with one attached hydrogen (secondary N) is 4. The summed E-state index contributed by atoms with van der Waals surface area (Å²) < 4.78 is 0. The van der Waals surface area contributed by atoms with Crippen LogP contribution in [-0.4, -0.2) is 33.7 Å². The van der Waals surface area contributed by atoms with E-state index in [4.69, 9.17) is 0 Å². The quantitative estimate of drug-likeness (QED) is 0.384. The van der Waals surface area contributed by atoms with E-state index < -0.39 is 23.9 Å². The van der Waals surface area contributed by atoms with Crippen LogP contribution in [0, 0.1) is 13.8 Å². The molecule has 0 radical (unpaired) electrons. The van der Waals surface area contributed by atoms with E-state index in [0.29, 0.717) is 5.56 Å². The molecule has 1 unspecified atom stereocenters. The highest BCUT2D eigenvalue weighted by Gasteiger charge is 2.31. The third-order valence-corrected chi connectivity index (χ3v) is 6.91. The maximum Gasteiger partial charge on any atom is 0.322 e. The zero-order chi connectivity index (χ0) is 26.1. The third kappa shape index (κ3) is 4.90. The van der Waals surface area contributed by atoms with Gasteiger partial charge in [-0.05, 0) is 60.1 Å². The number of carbonyl (C=O) groups excluding carboxylic acids is 4. The molecule has 4 N–H and O–H groups in total. The van der Waals surface area contributed by atoms with Crippen molar-refractivity contribution in [3.05, 3.63) is 93.6 Å². The Kier molecular flexibility index (Phi) is 6.39. The normalized spacial score (nSPS) is 18.1. The first-order chi connectivity index (χ1) is 17.8. The number of carbonyl (C=O) groups is 4. The lowest BCUT2D eigenvalue weighted by molar-refractivity contribution is -0.120. The monoisotopic (exact) mass is 498 g/mol. The number of aromatic nitrogens is 2. The highest BCUT2D eigenvalue weighted by molar-refractivity contribution is 6.04. The number of amides is 5. The van der Waals surface area contributed by atoms with Crippen molar-refractivity contribution >= 4 is 23.8 Å². The molecule has 1 saturated heterocycles. The van der Waals surface area contributed by atoms with E-state index in [-0.39, 0.29) is 29.9 Å². The van der Waals surface area contributed by atoms with Crippen LogP contribution in [0.5, 0.6) is 0 Å². The molecule has 10 heteroatoms. The van der Waals surface area contributed by atoms with Crippen LogP contribution in [0.2, 0.25) is 0 Å². The standard InChI is InChI=1S/C27H26N6O4/c1-14-6-7-19-18(15(14)2)8-9-20(19)31-25(35)22-11-21(29-13-30-22)24(34)28-12-16-4-3-5-17(10-16)23-26(36)33-27(37)32-23/h3-7,10-11,13,20,23H,8-9,12H2,1-2H3,(H,28,34)(H,31,35)(H2,32,33,36,37)/t20-,23?/m0/s1. The molecule has 0 bridgehead atoms. The summed E-state index contributed by atoms with van der Waals surface area (Å²) in [7, 11) is 0. The summed E-state index contributed by atoms with van der Waals surface area (Å²) in [6, 6.07) is 11.1. The van der Waals surface area contributed by atoms with Gasteiger partial charge in [0.15, 0.2) is 0 Å². The summed E-state index contributed by atoms with van der Waals surface area (Å²) in [5.74, 6) is -1.26. The largest absolute Gasteiger partial charge is 0.347 e. The van der Waals surface area contributed by atoms with Crippen molar-refractivity contribution in [1.29, 1.82) is 0 Å². The van der Waals surface area contributed by atoms with Crippen LogP contribution in [0.4, 0.5) is 4.79 Å². The maximum atomic E-state index is 12.9. The molecule has 2 aromatic carbocycles. The first kappa shape index (κ1) is 24.1. The number of benzene rings is 2. The van der Waals surface area contributed by atoms with Crippen LogP contribution >= 0.6 is 0 Å². The summed E-state index contributed by atoms with van der Waals surface area (Å²) >= 11 is 0. The van der Waals surface area contributed by atoms with E-state index in [1.54, 1.807) is 24.3 Å². The van der Waals surface area contributed by atoms with Crippen LogP contribution in [0.15, 0.2) is 48.8 Å². The number of urea groups is 1. The Morgan fingerprint density at radius 3 is 2.57 bits per heavy atom. The number of hydrogen-bond donors (Lipinski definition) is 4. The van der Waals surface area contributed by atoms with Gasteiger partial charge in [-0.3, -0.25) is 19.7 Å². The predicted molar refractivity (Wildman–Crippen MR) is 134 cm³/mol. The Bertz CT molecular complexity index is 1440. The number of imide groups is 1. The average molecular weight is 499 g/mol. The van der Waals surface area contributed by atoms with Gasteiger partial charge in [-0.25, -0.2) is 14.8 Å². The fourth-order valence-electron chi connectivity index (χ4n) is 4.79. The molecule has 0 spiro atoms. The summed E-state index contributed by atoms with van der Waals surface area (Å²) in [5, 5.41) is 10.6. The predicted octanol–water partition coefficient (Wildman–Crippen LogP) is 2.32. The van der Waals surface area contributed by atoms with Crippen molar-refractivity contribution < 1.29 is 19.2 Å². The molecule has 2 heterocycles. The summed E-state index contributed by atoms with van der Waals surface area (Å²) in [5.41, 5.74) is 6.43. The Hall–Kier alpha value is -4.60. The van der Waals surface area contributed by atoms with E-state index in [1.165, 1.54) is 29.1 Å². The smallest absolute Gasteiger partial charge is 0.322 e. The first-order valence-electron chi connectivity index (χ1n) is 12.0. The molecule has 10 nitrogen and oxygen atoms in total. The van der Waals surface area contributed by atoms with Gasteiger partial charge in [0.05, 0.1) is 6.04 Å². The van der Waals surface area contributed by atoms with Gasteiger partial charge in [-0.1, -0.05) is 36.4 Å². The van der Waals surface area contributed by atoms with Crippen molar-refractivity contribution in [3.63, 3.8) is 0 Å². The molecular formula is C27H26N6O4. The topological polar surface area (TPSA) is 142 Å². The van der Waals surface area contributed by atoms with Gasteiger partial charge in [0.2, 0.25) is 0 Å². The summed E-state index contributed by atoms with van der Waals surface area (Å²) in [6.45, 7) is 4.35. The van der Waals surface area contributed by atoms with Gasteiger partial charge in [-0.2, -0.15) is 0 Å². The minimum Gasteiger partial charge on any atom is -0.347 e. The van der Waals surface area contributed by atoms with Crippen molar-refractivity contribution in [2.75, 3.05) is 0 Å². The second-order valence-corrected chi connectivity index (χ2v) is 9.25. The lowest BCUT2D eigenvalue weighted by Crippen LogP contribution is -2.29. The van der Waals surface area contributed by atoms with Gasteiger partial charge in [0, 0.05) is 12.6 Å². The Morgan fingerprint density at radius 1 is 1.03 bits per heavy atom. The average Bonchev–Trinajstić information content (AvgIpc) is 3.47. The molecule has 3 aromatic rings. The molecule has 1 fully saturated rings. The maximum absolute atomic E-state index is 12.9. The molecule has 2 aliphatic rings. The molecule has 5 rings (SSSR count). The van der Waals surface area contributed by atoms with Crippen LogP contribution < -0.4 is 21.3 Å². The van der Waals surface area contributed by atoms with Crippen LogP contribution in [0.25, 0.3) is 0 Å². The zero-order valence-corrected chi connectivity index (χ0v) is 20.4. The molecule has 0 saturated carbocycles. The van der Waals surface area contributed by atoms with Gasteiger partial charge in [-0.15, -0.1) is 0 Å². The fraction of sp³-hybridized carbons (Fsp3) is 0.259. The van der Waals surface area contributed by atoms with E-state index in [2.05, 4.69) is 57.2 Å². The molecule has 188 valence electrons. The molecule has 1 aliphatic carbocycles. The van der Waals surface area contributed by atoms with Crippen molar-refractivity contribution in [1.82, 2.24) is 31.2 Å². The number of hydrogen-bond acceptors (Lipinski definition) is 6. The Morgan fingerprint density at radius 2 is 1.81 bits per heavy atom. The summed E-state index contributed by atoms with van der Waals surface area (Å²) in [4.78, 5) is 57.1. The summed E-state index contributed by atoms with van der Waals surface area (Å²) in [6.07, 6.45) is 2.92. The molecule has 1 aliphatic heterocycles. The van der Waals surface area contributed by atoms with Gasteiger partial charge < -0.3 is 16.0 Å². The van der Waals surface area contributed by atoms with E-state index in [1.807, 2.05) is 0 Å². The van der Waals surface area contributed by atoms with E-state index >= 15 is 0 Å². The minimum absolute atomic E-state index is 0.0667. The van der Waals surface area contributed by atoms with Crippen molar-refractivity contribution in [3.8, 4) is 0 Å². The SMILES string of the molecule is Cc1ccc2c(c1C)CC[C@@H]2NC(=O)c1cc(C(=O)NCc2cccc(C3NC(=O)NC3=O)c2)ncn1. The van der Waals surface area contributed by atoms with Gasteiger partial charge in [0.1, 0.15) is 23.8 Å². The highest BCUT2D eigenvalue weighted by Crippen LogP contribution is 2.34. The molecule has 2 atom stereocenters. The van der Waals surface area contributed by atoms with E-state index in [9.17, 15) is 19.2 Å². The lowest BCUT2D eigenvalue weighted by Gasteiger charge is -2.15. The molecule has 1 aromatic heterocycles. The lowest BCUT2D eigenvalue weighted by atomic mass is 9.99. The second-order valence-electron chi connectivity index (χ2n) is 9.25. The molecule has 37 heavy (non-hydrogen) atoms. The number of rotatable bonds is 6. The Labute approximate surface area is 213 Å². The molecular weight excluding hydrogens is 472 g/mol. The second kappa shape index (κ2) is 9.81. The van der Waals surface area contributed by atoms with Gasteiger partial charge >= 0.3 is 6.03 Å². The minimum atomic E-state index is -0.772. The van der Waals surface area contributed by atoms with E-state index in [0.717, 1.165) is 24.0 Å². The zero-order valence-electron chi connectivity index (χ0n) is 20.4. The van der Waals surface area contributed by atoms with Crippen LogP contribution in [0.1, 0.15) is 72.9 Å². The number of aryl methyl sites for hydroxylation is 1. The number of fused-ring (bicyclic) bond motifs is 1. The fourth-order valence-corrected chi connectivity index (χ4v) is 4.79. The number of nitrogens with zero attached hydrogens (tertiary/aromatic N) is 2. The van der Waals surface area contributed by atoms with Crippen LogP contribution in [0.3, 0.4) is 0 Å². The molecule has 5 amide bonds. The third-order valence-electron chi connectivity index (χ3n) is 6.91.